The summed E-state index contributed by atoms with van der Waals surface area (Å²) in [5.74, 6) is 0.00463. The minimum atomic E-state index is -0.421. The van der Waals surface area contributed by atoms with Crippen molar-refractivity contribution in [3.8, 4) is 0 Å². The van der Waals surface area contributed by atoms with Crippen LogP contribution in [0, 0.1) is 0 Å². The third kappa shape index (κ3) is 2.72. The SMILES string of the molecule is CN(C)C(=O)N1CCN(C(=O)c2cccc3cc[nH]c23)C(C)(C)C1. The monoisotopic (exact) mass is 328 g/mol. The van der Waals surface area contributed by atoms with E-state index in [1.807, 2.05) is 49.2 Å². The minimum absolute atomic E-state index is 0.00463. The summed E-state index contributed by atoms with van der Waals surface area (Å²) in [6, 6.07) is 7.70. The number of H-pyrrole nitrogens is 1. The Kier molecular flexibility index (Phi) is 3.99. The average molecular weight is 328 g/mol. The molecule has 24 heavy (non-hydrogen) atoms. The lowest BCUT2D eigenvalue weighted by Gasteiger charge is -2.47. The van der Waals surface area contributed by atoms with E-state index >= 15 is 0 Å². The molecule has 0 atom stereocenters. The van der Waals surface area contributed by atoms with Crippen LogP contribution in [0.25, 0.3) is 10.9 Å². The standard InChI is InChI=1S/C18H24N4O2/c1-18(2)12-21(17(24)20(3)4)10-11-22(18)16(23)14-7-5-6-13-8-9-19-15(13)14/h5-9,19H,10-12H2,1-4H3. The number of nitrogens with one attached hydrogen (secondary N) is 1. The van der Waals surface area contributed by atoms with Crippen LogP contribution in [0.4, 0.5) is 4.79 Å². The van der Waals surface area contributed by atoms with Gasteiger partial charge in [0.1, 0.15) is 0 Å². The maximum absolute atomic E-state index is 13.1. The number of para-hydroxylation sites is 1. The van der Waals surface area contributed by atoms with E-state index in [9.17, 15) is 9.59 Å². The van der Waals surface area contributed by atoms with Crippen molar-refractivity contribution in [2.75, 3.05) is 33.7 Å². The maximum atomic E-state index is 13.1. The summed E-state index contributed by atoms with van der Waals surface area (Å²) in [7, 11) is 3.50. The Hall–Kier alpha value is -2.50. The summed E-state index contributed by atoms with van der Waals surface area (Å²) in [6.45, 7) is 5.62. The summed E-state index contributed by atoms with van der Waals surface area (Å²) >= 11 is 0. The van der Waals surface area contributed by atoms with E-state index in [0.29, 0.717) is 25.2 Å². The predicted octanol–water partition coefficient (Wildman–Crippen LogP) is 2.39. The first-order valence-corrected chi connectivity index (χ1v) is 8.15. The molecule has 1 aromatic heterocycles. The molecule has 3 amide bonds. The topological polar surface area (TPSA) is 59.7 Å². The molecular weight excluding hydrogens is 304 g/mol. The second kappa shape index (κ2) is 5.85. The molecule has 1 aliphatic rings. The molecule has 0 unspecified atom stereocenters. The first kappa shape index (κ1) is 16.4. The third-order valence-electron chi connectivity index (χ3n) is 4.62. The number of hydrogen-bond donors (Lipinski definition) is 1. The number of fused-ring (bicyclic) bond motifs is 1. The fourth-order valence-corrected chi connectivity index (χ4v) is 3.39. The first-order chi connectivity index (χ1) is 11.3. The summed E-state index contributed by atoms with van der Waals surface area (Å²) in [6.07, 6.45) is 1.85. The van der Waals surface area contributed by atoms with Crippen molar-refractivity contribution >= 4 is 22.8 Å². The predicted molar refractivity (Wildman–Crippen MR) is 94.1 cm³/mol. The van der Waals surface area contributed by atoms with Gasteiger partial charge in [0.15, 0.2) is 0 Å². The molecule has 2 aromatic rings. The van der Waals surface area contributed by atoms with E-state index in [2.05, 4.69) is 4.98 Å². The maximum Gasteiger partial charge on any atom is 0.319 e. The highest BCUT2D eigenvalue weighted by Gasteiger charge is 2.39. The van der Waals surface area contributed by atoms with Crippen molar-refractivity contribution < 1.29 is 9.59 Å². The van der Waals surface area contributed by atoms with Crippen molar-refractivity contribution in [3.05, 3.63) is 36.0 Å². The van der Waals surface area contributed by atoms with Gasteiger partial charge in [-0.15, -0.1) is 0 Å². The van der Waals surface area contributed by atoms with Gasteiger partial charge in [-0.2, -0.15) is 0 Å². The zero-order valence-corrected chi connectivity index (χ0v) is 14.7. The van der Waals surface area contributed by atoms with Gasteiger partial charge in [-0.05, 0) is 26.0 Å². The van der Waals surface area contributed by atoms with E-state index in [0.717, 1.165) is 10.9 Å². The van der Waals surface area contributed by atoms with Gasteiger partial charge in [0.2, 0.25) is 0 Å². The minimum Gasteiger partial charge on any atom is -0.361 e. The molecule has 6 heteroatoms. The number of urea groups is 1. The van der Waals surface area contributed by atoms with Gasteiger partial charge in [0, 0.05) is 45.3 Å². The Morgan fingerprint density at radius 1 is 1.17 bits per heavy atom. The van der Waals surface area contributed by atoms with Crippen LogP contribution in [0.15, 0.2) is 30.5 Å². The average Bonchev–Trinajstić information content (AvgIpc) is 3.00. The number of piperazine rings is 1. The molecule has 1 aromatic carbocycles. The quantitative estimate of drug-likeness (QED) is 0.874. The smallest absolute Gasteiger partial charge is 0.319 e. The Balaban J connectivity index is 1.86. The molecular formula is C18H24N4O2. The number of aromatic amines is 1. The zero-order chi connectivity index (χ0) is 17.5. The molecule has 0 bridgehead atoms. The molecule has 0 spiro atoms. The Morgan fingerprint density at radius 2 is 1.92 bits per heavy atom. The lowest BCUT2D eigenvalue weighted by molar-refractivity contribution is 0.0242. The van der Waals surface area contributed by atoms with Crippen molar-refractivity contribution in [3.63, 3.8) is 0 Å². The van der Waals surface area contributed by atoms with Gasteiger partial charge in [0.05, 0.1) is 16.6 Å². The van der Waals surface area contributed by atoms with Gasteiger partial charge in [-0.3, -0.25) is 4.79 Å². The van der Waals surface area contributed by atoms with Crippen LogP contribution in [0.1, 0.15) is 24.2 Å². The Morgan fingerprint density at radius 3 is 2.58 bits per heavy atom. The van der Waals surface area contributed by atoms with Gasteiger partial charge >= 0.3 is 6.03 Å². The largest absolute Gasteiger partial charge is 0.361 e. The van der Waals surface area contributed by atoms with Gasteiger partial charge in [-0.25, -0.2) is 4.79 Å². The highest BCUT2D eigenvalue weighted by molar-refractivity contribution is 6.06. The first-order valence-electron chi connectivity index (χ1n) is 8.15. The lowest BCUT2D eigenvalue weighted by Crippen LogP contribution is -2.63. The molecule has 2 heterocycles. The van der Waals surface area contributed by atoms with Crippen molar-refractivity contribution in [2.24, 2.45) is 0 Å². The number of hydrogen-bond acceptors (Lipinski definition) is 2. The zero-order valence-electron chi connectivity index (χ0n) is 14.7. The molecule has 0 saturated carbocycles. The second-order valence-corrected chi connectivity index (χ2v) is 7.12. The molecule has 1 fully saturated rings. The number of carbonyl (C=O) groups is 2. The van der Waals surface area contributed by atoms with Crippen LogP contribution in [0.5, 0.6) is 0 Å². The highest BCUT2D eigenvalue weighted by atomic mass is 16.2. The van der Waals surface area contributed by atoms with Crippen molar-refractivity contribution in [1.82, 2.24) is 19.7 Å². The summed E-state index contributed by atoms with van der Waals surface area (Å²) < 4.78 is 0. The fourth-order valence-electron chi connectivity index (χ4n) is 3.39. The van der Waals surface area contributed by atoms with Crippen LogP contribution < -0.4 is 0 Å². The fraction of sp³-hybridized carbons (Fsp3) is 0.444. The molecule has 128 valence electrons. The van der Waals surface area contributed by atoms with E-state index in [4.69, 9.17) is 0 Å². The molecule has 0 radical (unpaired) electrons. The summed E-state index contributed by atoms with van der Waals surface area (Å²) in [4.78, 5) is 33.8. The van der Waals surface area contributed by atoms with Crippen LogP contribution in [-0.4, -0.2) is 70.9 Å². The van der Waals surface area contributed by atoms with Crippen molar-refractivity contribution in [2.45, 2.75) is 19.4 Å². The second-order valence-electron chi connectivity index (χ2n) is 7.12. The number of carbonyl (C=O) groups excluding carboxylic acids is 2. The highest BCUT2D eigenvalue weighted by Crippen LogP contribution is 2.26. The number of benzene rings is 1. The molecule has 1 aliphatic heterocycles. The number of amides is 3. The summed E-state index contributed by atoms with van der Waals surface area (Å²) in [5.41, 5.74) is 1.12. The van der Waals surface area contributed by atoms with Crippen LogP contribution in [-0.2, 0) is 0 Å². The van der Waals surface area contributed by atoms with Gasteiger partial charge < -0.3 is 19.7 Å². The lowest BCUT2D eigenvalue weighted by atomic mass is 9.97. The molecule has 0 aliphatic carbocycles. The van der Waals surface area contributed by atoms with Crippen LogP contribution in [0.3, 0.4) is 0 Å². The van der Waals surface area contributed by atoms with E-state index in [-0.39, 0.29) is 11.9 Å². The van der Waals surface area contributed by atoms with Gasteiger partial charge in [-0.1, -0.05) is 12.1 Å². The van der Waals surface area contributed by atoms with E-state index < -0.39 is 5.54 Å². The summed E-state index contributed by atoms with van der Waals surface area (Å²) in [5, 5.41) is 1.03. The number of nitrogens with zero attached hydrogens (tertiary/aromatic N) is 3. The van der Waals surface area contributed by atoms with Crippen LogP contribution in [0.2, 0.25) is 0 Å². The molecule has 1 saturated heterocycles. The van der Waals surface area contributed by atoms with Gasteiger partial charge in [0.25, 0.3) is 5.91 Å². The van der Waals surface area contributed by atoms with E-state index in [1.165, 1.54) is 0 Å². The molecule has 6 nitrogen and oxygen atoms in total. The number of rotatable bonds is 1. The number of aromatic nitrogens is 1. The normalized spacial score (nSPS) is 17.2. The Bertz CT molecular complexity index is 778. The van der Waals surface area contributed by atoms with Crippen molar-refractivity contribution in [1.29, 1.82) is 0 Å². The third-order valence-corrected chi connectivity index (χ3v) is 4.62. The van der Waals surface area contributed by atoms with Crippen LogP contribution >= 0.6 is 0 Å². The van der Waals surface area contributed by atoms with E-state index in [1.54, 1.807) is 23.9 Å². The molecule has 3 rings (SSSR count). The molecule has 1 N–H and O–H groups in total. The Labute approximate surface area is 142 Å².